The maximum Gasteiger partial charge on any atom is 0.238 e. The Labute approximate surface area is 413 Å². The summed E-state index contributed by atoms with van der Waals surface area (Å²) in [5.74, 6) is 2.48. The van der Waals surface area contributed by atoms with E-state index in [1.165, 1.54) is 5.39 Å². The smallest absolute Gasteiger partial charge is 0.238 e. The molecule has 0 N–H and O–H groups in total. The molecule has 0 bridgehead atoms. The molecule has 0 unspecified atom stereocenters. The molecule has 14 aromatic rings. The van der Waals surface area contributed by atoms with Gasteiger partial charge >= 0.3 is 0 Å². The second kappa shape index (κ2) is 16.0. The molecule has 0 amide bonds. The van der Waals surface area contributed by atoms with Crippen LogP contribution >= 0.6 is 0 Å². The van der Waals surface area contributed by atoms with Gasteiger partial charge < -0.3 is 8.83 Å². The molecule has 4 heterocycles. The number of hydrogen-bond donors (Lipinski definition) is 0. The van der Waals surface area contributed by atoms with Gasteiger partial charge in [0.05, 0.1) is 11.0 Å². The summed E-state index contributed by atoms with van der Waals surface area (Å²) in [6.07, 6.45) is 9.38. The topological polar surface area (TPSA) is 69.9 Å². The summed E-state index contributed by atoms with van der Waals surface area (Å²) in [7, 11) is 0. The van der Waals surface area contributed by atoms with Crippen molar-refractivity contribution >= 4 is 88.4 Å². The molecular weight excluding hydrogens is 881 g/mol. The van der Waals surface area contributed by atoms with E-state index >= 15 is 0 Å². The quantitative estimate of drug-likeness (QED) is 0.155. The van der Waals surface area contributed by atoms with E-state index < -0.39 is 0 Å². The number of nitrogens with zero attached hydrogens (tertiary/aromatic N) is 4. The average Bonchev–Trinajstić information content (AvgIpc) is 4.06. The van der Waals surface area contributed by atoms with Crippen molar-refractivity contribution in [2.24, 2.45) is 0 Å². The minimum Gasteiger partial charge on any atom is -0.456 e. The fourth-order valence-corrected chi connectivity index (χ4v) is 11.2. The largest absolute Gasteiger partial charge is 0.456 e. The molecular formula is C66H40N4O2. The van der Waals surface area contributed by atoms with Crippen molar-refractivity contribution in [1.82, 2.24) is 19.5 Å². The number of hydrogen-bond acceptors (Lipinski definition) is 5. The number of rotatable bonds is 6. The molecule has 0 radical (unpaired) electrons. The van der Waals surface area contributed by atoms with Crippen molar-refractivity contribution in [3.8, 4) is 62.1 Å². The summed E-state index contributed by atoms with van der Waals surface area (Å²) in [6, 6.07) is 73.0. The first-order chi connectivity index (χ1) is 35.7. The Morgan fingerprint density at radius 1 is 0.361 bits per heavy atom. The molecule has 0 spiro atoms. The molecule has 1 aliphatic carbocycles. The van der Waals surface area contributed by atoms with Gasteiger partial charge in [0.15, 0.2) is 11.6 Å². The van der Waals surface area contributed by atoms with Gasteiger partial charge in [0, 0.05) is 60.1 Å². The van der Waals surface area contributed by atoms with Crippen molar-refractivity contribution in [3.63, 3.8) is 0 Å². The highest BCUT2D eigenvalue weighted by Gasteiger charge is 2.25. The zero-order valence-electron chi connectivity index (χ0n) is 38.8. The van der Waals surface area contributed by atoms with Gasteiger partial charge in [-0.3, -0.25) is 4.57 Å². The average molecular weight is 921 g/mol. The molecule has 0 fully saturated rings. The van der Waals surface area contributed by atoms with E-state index in [9.17, 15) is 0 Å². The molecule has 72 heavy (non-hydrogen) atoms. The zero-order valence-corrected chi connectivity index (χ0v) is 38.8. The van der Waals surface area contributed by atoms with E-state index in [1.54, 1.807) is 0 Å². The van der Waals surface area contributed by atoms with Gasteiger partial charge in [-0.1, -0.05) is 188 Å². The minimum atomic E-state index is 0.513. The summed E-state index contributed by atoms with van der Waals surface area (Å²) >= 11 is 0. The minimum absolute atomic E-state index is 0.513. The van der Waals surface area contributed by atoms with Crippen LogP contribution in [-0.2, 0) is 0 Å². The SMILES string of the molecule is C1=Cc2oc3cc(-c4nc(-c5ccccc5)nc(-n5c6c(-c7cc(-c8ccccc8)cc(-c8cccc9c8oc8ccccc89)c7)cccc6c6c7ccccc7c7ccccc7c65)n4)ccc3c2C=CC1. The molecule has 1 aliphatic rings. The van der Waals surface area contributed by atoms with Crippen LogP contribution < -0.4 is 0 Å². The number of benzene rings is 10. The second-order valence-electron chi connectivity index (χ2n) is 18.6. The van der Waals surface area contributed by atoms with Crippen LogP contribution in [-0.4, -0.2) is 19.5 Å². The summed E-state index contributed by atoms with van der Waals surface area (Å²) in [5, 5.41) is 10.1. The van der Waals surface area contributed by atoms with Gasteiger partial charge in [-0.25, -0.2) is 4.98 Å². The summed E-state index contributed by atoms with van der Waals surface area (Å²) in [4.78, 5) is 16.3. The van der Waals surface area contributed by atoms with Crippen LogP contribution in [0.15, 0.2) is 227 Å². The first-order valence-electron chi connectivity index (χ1n) is 24.4. The standard InChI is InChI=1S/C66H40N4O2/c1-4-18-40(19-5-1)43-36-44(38-45(37-43)47-29-17-30-55-51-25-14-15-33-58(51)72-63(47)55)46-28-16-31-56-60-53-26-12-10-22-48(53)49-23-11-13-27-54(49)62(60)70(61(46)56)66-68-64(41-20-6-2-7-21-41)67-65(69-66)42-34-35-52-50-24-8-3-9-32-57(50)71-59(52)39-42/h1-2,4-39H,3H2. The highest BCUT2D eigenvalue weighted by molar-refractivity contribution is 6.33. The maximum atomic E-state index is 6.70. The summed E-state index contributed by atoms with van der Waals surface area (Å²) < 4.78 is 15.5. The predicted octanol–water partition coefficient (Wildman–Crippen LogP) is 17.7. The number of fused-ring (bicyclic) bond motifs is 14. The number of para-hydroxylation sites is 3. The molecule has 15 rings (SSSR count). The van der Waals surface area contributed by atoms with Crippen LogP contribution in [0.25, 0.3) is 151 Å². The Kier molecular flexibility index (Phi) is 8.92. The summed E-state index contributed by atoms with van der Waals surface area (Å²) in [6.45, 7) is 0. The Hall–Kier alpha value is -9.65. The third-order valence-corrected chi connectivity index (χ3v) is 14.4. The van der Waals surface area contributed by atoms with Gasteiger partial charge in [0.25, 0.3) is 0 Å². The van der Waals surface area contributed by atoms with E-state index in [-0.39, 0.29) is 0 Å². The summed E-state index contributed by atoms with van der Waals surface area (Å²) in [5.41, 5.74) is 13.7. The maximum absolute atomic E-state index is 6.70. The first-order valence-corrected chi connectivity index (χ1v) is 24.4. The fourth-order valence-electron chi connectivity index (χ4n) is 11.2. The van der Waals surface area contributed by atoms with E-state index in [2.05, 4.69) is 205 Å². The van der Waals surface area contributed by atoms with E-state index in [1.807, 2.05) is 30.3 Å². The van der Waals surface area contributed by atoms with E-state index in [0.29, 0.717) is 17.6 Å². The van der Waals surface area contributed by atoms with Crippen LogP contribution in [0.2, 0.25) is 0 Å². The molecule has 0 atom stereocenters. The molecule has 0 aliphatic heterocycles. The second-order valence-corrected chi connectivity index (χ2v) is 18.6. The molecule has 6 heteroatoms. The molecule has 6 nitrogen and oxygen atoms in total. The van der Waals surface area contributed by atoms with Crippen LogP contribution in [0.5, 0.6) is 0 Å². The third kappa shape index (κ3) is 6.26. The van der Waals surface area contributed by atoms with Gasteiger partial charge in [-0.05, 0) is 87.3 Å². The van der Waals surface area contributed by atoms with E-state index in [0.717, 1.165) is 133 Å². The lowest BCUT2D eigenvalue weighted by molar-refractivity contribution is 0.603. The number of furan rings is 2. The van der Waals surface area contributed by atoms with Crippen molar-refractivity contribution in [1.29, 1.82) is 0 Å². The van der Waals surface area contributed by atoms with Crippen molar-refractivity contribution < 1.29 is 8.83 Å². The van der Waals surface area contributed by atoms with Crippen molar-refractivity contribution in [2.45, 2.75) is 6.42 Å². The van der Waals surface area contributed by atoms with Crippen LogP contribution in [0.3, 0.4) is 0 Å². The zero-order chi connectivity index (χ0) is 47.3. The van der Waals surface area contributed by atoms with Gasteiger partial charge in [0.1, 0.15) is 22.5 Å². The number of aromatic nitrogens is 4. The van der Waals surface area contributed by atoms with Crippen molar-refractivity contribution in [2.75, 3.05) is 0 Å². The molecule has 0 saturated carbocycles. The molecule has 4 aromatic heterocycles. The molecule has 336 valence electrons. The lowest BCUT2D eigenvalue weighted by Gasteiger charge is -2.15. The van der Waals surface area contributed by atoms with Gasteiger partial charge in [-0.15, -0.1) is 0 Å². The predicted molar refractivity (Wildman–Crippen MR) is 296 cm³/mol. The lowest BCUT2D eigenvalue weighted by atomic mass is 9.91. The van der Waals surface area contributed by atoms with Crippen LogP contribution in [0.1, 0.15) is 17.7 Å². The van der Waals surface area contributed by atoms with E-state index in [4.69, 9.17) is 23.8 Å². The van der Waals surface area contributed by atoms with Gasteiger partial charge in [0.2, 0.25) is 5.95 Å². The normalized spacial score (nSPS) is 12.6. The van der Waals surface area contributed by atoms with Crippen molar-refractivity contribution in [3.05, 3.63) is 230 Å². The Balaban J connectivity index is 1.06. The fraction of sp³-hybridized carbons (Fsp3) is 0.0152. The molecule has 0 saturated heterocycles. The molecule has 10 aromatic carbocycles. The monoisotopic (exact) mass is 920 g/mol. The van der Waals surface area contributed by atoms with Gasteiger partial charge in [-0.2, -0.15) is 9.97 Å². The Morgan fingerprint density at radius 3 is 1.78 bits per heavy atom. The third-order valence-electron chi connectivity index (χ3n) is 14.4. The number of allylic oxidation sites excluding steroid dienone is 2. The van der Waals surface area contributed by atoms with Crippen LogP contribution in [0.4, 0.5) is 0 Å². The lowest BCUT2D eigenvalue weighted by Crippen LogP contribution is -2.07. The first kappa shape index (κ1) is 40.3. The Bertz CT molecular complexity index is 4590. The van der Waals surface area contributed by atoms with Crippen LogP contribution in [0, 0.1) is 0 Å². The highest BCUT2D eigenvalue weighted by atomic mass is 16.3. The Morgan fingerprint density at radius 2 is 0.972 bits per heavy atom. The highest BCUT2D eigenvalue weighted by Crippen LogP contribution is 2.47.